The molecule has 5 nitrogen and oxygen atoms in total. The Morgan fingerprint density at radius 3 is 2.14 bits per heavy atom. The van der Waals surface area contributed by atoms with E-state index >= 15 is 0 Å². The Labute approximate surface area is 118 Å². The lowest BCUT2D eigenvalue weighted by Crippen LogP contribution is -2.13. The Kier molecular flexibility index (Phi) is 3.79. The minimum absolute atomic E-state index is 0.0841. The highest BCUT2D eigenvalue weighted by atomic mass is 32.2. The topological polar surface area (TPSA) is 73.1 Å². The molecule has 0 saturated carbocycles. The van der Waals surface area contributed by atoms with Crippen LogP contribution in [0.4, 0.5) is 13.2 Å². The summed E-state index contributed by atoms with van der Waals surface area (Å²) in [5, 5.41) is 2.63. The number of alkyl halides is 3. The molecule has 0 atom stereocenters. The minimum Gasteiger partial charge on any atom is -0.329 e. The maximum absolute atomic E-state index is 12.4. The average Bonchev–Trinajstić information content (AvgIpc) is 2.88. The fourth-order valence-electron chi connectivity index (χ4n) is 1.52. The summed E-state index contributed by atoms with van der Waals surface area (Å²) in [6.45, 7) is 3.08. The molecule has 0 saturated heterocycles. The number of hydrogen-bond donors (Lipinski definition) is 0. The Bertz CT molecular complexity index is 734. The van der Waals surface area contributed by atoms with E-state index in [0.717, 1.165) is 0 Å². The molecule has 0 amide bonds. The number of nitrogens with zero attached hydrogens (tertiary/aromatic N) is 2. The highest BCUT2D eigenvalue weighted by Crippen LogP contribution is 2.29. The first kappa shape index (κ1) is 15.5. The zero-order chi connectivity index (χ0) is 15.8. The Balaban J connectivity index is 2.34. The smallest absolute Gasteiger partial charge is 0.329 e. The zero-order valence-corrected chi connectivity index (χ0v) is 11.9. The number of halogens is 3. The number of benzene rings is 1. The second kappa shape index (κ2) is 5.14. The summed E-state index contributed by atoms with van der Waals surface area (Å²) in [6.07, 6.45) is -4.72. The molecule has 0 N–H and O–H groups in total. The molecule has 2 aromatic rings. The van der Waals surface area contributed by atoms with Gasteiger partial charge in [-0.1, -0.05) is 5.16 Å². The third-order valence-electron chi connectivity index (χ3n) is 2.73. The van der Waals surface area contributed by atoms with Gasteiger partial charge in [-0.05, 0) is 38.1 Å². The lowest BCUT2D eigenvalue weighted by molar-refractivity contribution is -0.159. The van der Waals surface area contributed by atoms with Gasteiger partial charge in [0.15, 0.2) is 9.84 Å². The summed E-state index contributed by atoms with van der Waals surface area (Å²) >= 11 is 0. The number of hydrogen-bond acceptors (Lipinski definition) is 5. The first-order valence-electron chi connectivity index (χ1n) is 5.87. The van der Waals surface area contributed by atoms with Gasteiger partial charge in [0.2, 0.25) is 5.82 Å². The van der Waals surface area contributed by atoms with Crippen LogP contribution < -0.4 is 0 Å². The molecule has 0 aliphatic heterocycles. The summed E-state index contributed by atoms with van der Waals surface area (Å²) in [7, 11) is -3.44. The molecule has 0 aliphatic rings. The number of sulfone groups is 1. The van der Waals surface area contributed by atoms with Gasteiger partial charge in [0, 0.05) is 5.56 Å². The first-order valence-corrected chi connectivity index (χ1v) is 7.42. The van der Waals surface area contributed by atoms with E-state index in [2.05, 4.69) is 14.7 Å². The van der Waals surface area contributed by atoms with Crippen molar-refractivity contribution < 1.29 is 26.1 Å². The van der Waals surface area contributed by atoms with Gasteiger partial charge >= 0.3 is 12.1 Å². The van der Waals surface area contributed by atoms with Crippen LogP contribution in [0.5, 0.6) is 0 Å². The van der Waals surface area contributed by atoms with E-state index < -0.39 is 27.2 Å². The van der Waals surface area contributed by atoms with Crippen LogP contribution in [0.25, 0.3) is 11.4 Å². The third-order valence-corrected chi connectivity index (χ3v) is 4.90. The van der Waals surface area contributed by atoms with E-state index in [1.807, 2.05) is 0 Å². The lowest BCUT2D eigenvalue weighted by atomic mass is 10.2. The maximum atomic E-state index is 12.4. The third kappa shape index (κ3) is 3.07. The fraction of sp³-hybridized carbons (Fsp3) is 0.333. The van der Waals surface area contributed by atoms with Crippen molar-refractivity contribution in [2.24, 2.45) is 0 Å². The normalized spacial score (nSPS) is 12.9. The van der Waals surface area contributed by atoms with Gasteiger partial charge in [0.05, 0.1) is 10.1 Å². The maximum Gasteiger partial charge on any atom is 0.471 e. The van der Waals surface area contributed by atoms with Crippen LogP contribution in [0.2, 0.25) is 0 Å². The molecule has 1 aromatic heterocycles. The van der Waals surface area contributed by atoms with Crippen LogP contribution in [0.3, 0.4) is 0 Å². The second-order valence-corrected chi connectivity index (χ2v) is 7.04. The quantitative estimate of drug-likeness (QED) is 0.869. The van der Waals surface area contributed by atoms with Crippen LogP contribution in [-0.2, 0) is 16.0 Å². The molecule has 21 heavy (non-hydrogen) atoms. The Morgan fingerprint density at radius 2 is 1.71 bits per heavy atom. The van der Waals surface area contributed by atoms with Crippen LogP contribution in [-0.4, -0.2) is 23.8 Å². The van der Waals surface area contributed by atoms with E-state index in [9.17, 15) is 21.6 Å². The van der Waals surface area contributed by atoms with E-state index in [-0.39, 0.29) is 16.3 Å². The van der Waals surface area contributed by atoms with Crippen molar-refractivity contribution in [2.75, 3.05) is 0 Å². The van der Waals surface area contributed by atoms with E-state index in [1.165, 1.54) is 38.1 Å². The van der Waals surface area contributed by atoms with Gasteiger partial charge in [0.25, 0.3) is 0 Å². The molecule has 114 valence electrons. The molecule has 2 rings (SSSR count). The van der Waals surface area contributed by atoms with Gasteiger partial charge in [0.1, 0.15) is 0 Å². The average molecular weight is 320 g/mol. The van der Waals surface area contributed by atoms with E-state index in [4.69, 9.17) is 0 Å². The monoisotopic (exact) mass is 320 g/mol. The molecule has 1 aromatic carbocycles. The molecule has 0 bridgehead atoms. The van der Waals surface area contributed by atoms with Crippen molar-refractivity contribution in [3.05, 3.63) is 30.2 Å². The second-order valence-electron chi connectivity index (χ2n) is 4.54. The summed E-state index contributed by atoms with van der Waals surface area (Å²) in [6, 6.07) is 5.27. The lowest BCUT2D eigenvalue weighted by Gasteiger charge is -2.07. The highest BCUT2D eigenvalue weighted by Gasteiger charge is 2.38. The highest BCUT2D eigenvalue weighted by molar-refractivity contribution is 7.92. The van der Waals surface area contributed by atoms with Gasteiger partial charge in [-0.25, -0.2) is 8.42 Å². The predicted octanol–water partition coefficient (Wildman–Crippen LogP) is 2.94. The minimum atomic E-state index is -4.72. The Hall–Kier alpha value is -1.90. The summed E-state index contributed by atoms with van der Waals surface area (Å²) in [5.74, 6) is -1.70. The molecule has 0 aliphatic carbocycles. The van der Waals surface area contributed by atoms with Crippen LogP contribution in [0.1, 0.15) is 19.7 Å². The molecule has 0 radical (unpaired) electrons. The molecule has 1 heterocycles. The molecule has 0 spiro atoms. The SMILES string of the molecule is CC(C)S(=O)(=O)c1ccc(-c2noc(C(F)(F)F)n2)cc1. The van der Waals surface area contributed by atoms with Gasteiger partial charge in [-0.2, -0.15) is 18.2 Å². The molecule has 0 fully saturated rings. The molecular formula is C12H11F3N2O3S. The van der Waals surface area contributed by atoms with Gasteiger partial charge in [-0.3, -0.25) is 0 Å². The zero-order valence-electron chi connectivity index (χ0n) is 11.0. The standard InChI is InChI=1S/C12H11F3N2O3S/c1-7(2)21(18,19)9-5-3-8(4-6-9)10-16-11(20-17-10)12(13,14)15/h3-7H,1-2H3. The van der Waals surface area contributed by atoms with Crippen molar-refractivity contribution in [2.45, 2.75) is 30.2 Å². The van der Waals surface area contributed by atoms with Crippen molar-refractivity contribution in [3.63, 3.8) is 0 Å². The summed E-state index contributed by atoms with van der Waals surface area (Å²) < 4.78 is 65.0. The van der Waals surface area contributed by atoms with Crippen molar-refractivity contribution in [1.29, 1.82) is 0 Å². The largest absolute Gasteiger partial charge is 0.471 e. The van der Waals surface area contributed by atoms with Crippen molar-refractivity contribution in [1.82, 2.24) is 10.1 Å². The van der Waals surface area contributed by atoms with Crippen LogP contribution >= 0.6 is 0 Å². The molecule has 0 unspecified atom stereocenters. The molecular weight excluding hydrogens is 309 g/mol. The number of aromatic nitrogens is 2. The summed E-state index contributed by atoms with van der Waals surface area (Å²) in [5.41, 5.74) is 0.233. The predicted molar refractivity (Wildman–Crippen MR) is 67.1 cm³/mol. The first-order chi connectivity index (χ1) is 9.62. The van der Waals surface area contributed by atoms with Crippen LogP contribution in [0, 0.1) is 0 Å². The molecule has 9 heteroatoms. The number of rotatable bonds is 3. The van der Waals surface area contributed by atoms with E-state index in [1.54, 1.807) is 0 Å². The fourth-order valence-corrected chi connectivity index (χ4v) is 2.58. The van der Waals surface area contributed by atoms with Crippen LogP contribution in [0.15, 0.2) is 33.7 Å². The van der Waals surface area contributed by atoms with Gasteiger partial charge in [-0.15, -0.1) is 0 Å². The van der Waals surface area contributed by atoms with Crippen molar-refractivity contribution >= 4 is 9.84 Å². The summed E-state index contributed by atoms with van der Waals surface area (Å²) in [4.78, 5) is 3.31. The van der Waals surface area contributed by atoms with Crippen molar-refractivity contribution in [3.8, 4) is 11.4 Å². The van der Waals surface area contributed by atoms with E-state index in [0.29, 0.717) is 0 Å². The van der Waals surface area contributed by atoms with Gasteiger partial charge < -0.3 is 4.52 Å². The Morgan fingerprint density at radius 1 is 1.14 bits per heavy atom.